The van der Waals surface area contributed by atoms with Crippen molar-refractivity contribution in [2.24, 2.45) is 0 Å². The lowest BCUT2D eigenvalue weighted by atomic mass is 10.0. The molecule has 0 saturated heterocycles. The van der Waals surface area contributed by atoms with Crippen LogP contribution in [0.1, 0.15) is 27.0 Å². The maximum absolute atomic E-state index is 13.5. The number of methoxy groups -OCH3 is 1. The van der Waals surface area contributed by atoms with Crippen molar-refractivity contribution in [2.75, 3.05) is 25.6 Å². The molecule has 0 atom stereocenters. The summed E-state index contributed by atoms with van der Waals surface area (Å²) in [6.45, 7) is 0.0285. The molecule has 0 radical (unpaired) electrons. The first kappa shape index (κ1) is 31.9. The van der Waals surface area contributed by atoms with E-state index in [1.165, 1.54) is 48.4 Å². The highest BCUT2D eigenvalue weighted by Gasteiger charge is 2.34. The van der Waals surface area contributed by atoms with Crippen LogP contribution in [0.25, 0.3) is 22.8 Å². The van der Waals surface area contributed by atoms with Crippen LogP contribution < -0.4 is 10.1 Å². The predicted molar refractivity (Wildman–Crippen MR) is 164 cm³/mol. The Morgan fingerprint density at radius 1 is 0.935 bits per heavy atom. The van der Waals surface area contributed by atoms with Crippen molar-refractivity contribution < 1.29 is 37.1 Å². The summed E-state index contributed by atoms with van der Waals surface area (Å²) in [5, 5.41) is 16.2. The number of rotatable bonds is 11. The van der Waals surface area contributed by atoms with Gasteiger partial charge in [0.05, 0.1) is 25.7 Å². The number of halogens is 3. The SMILES string of the molecule is COc1ccc(CC(=O)Nc2ccc(C(=O)N(CCO)Cc3ccc(-c4nc(-c5ccccc5)no4)cc3)cc2)c(C(F)(F)F)c1. The van der Waals surface area contributed by atoms with Gasteiger partial charge in [-0.25, -0.2) is 0 Å². The summed E-state index contributed by atoms with van der Waals surface area (Å²) in [5.41, 5.74) is 1.80. The zero-order valence-electron chi connectivity index (χ0n) is 24.6. The van der Waals surface area contributed by atoms with Crippen LogP contribution in [0, 0.1) is 0 Å². The summed E-state index contributed by atoms with van der Waals surface area (Å²) in [5.74, 6) is -0.154. The first-order valence-electron chi connectivity index (χ1n) is 14.2. The van der Waals surface area contributed by atoms with Crippen molar-refractivity contribution in [1.29, 1.82) is 0 Å². The molecule has 0 saturated carbocycles. The Morgan fingerprint density at radius 3 is 2.30 bits per heavy atom. The van der Waals surface area contributed by atoms with Crippen LogP contribution in [0.2, 0.25) is 0 Å². The van der Waals surface area contributed by atoms with Gasteiger partial charge in [0.25, 0.3) is 11.8 Å². The lowest BCUT2D eigenvalue weighted by Gasteiger charge is -2.22. The molecular formula is C34H29F3N4O5. The summed E-state index contributed by atoms with van der Waals surface area (Å²) in [4.78, 5) is 31.8. The van der Waals surface area contributed by atoms with Crippen molar-refractivity contribution in [1.82, 2.24) is 15.0 Å². The van der Waals surface area contributed by atoms with Gasteiger partial charge in [0, 0.05) is 35.5 Å². The molecule has 2 amide bonds. The minimum absolute atomic E-state index is 0.0327. The van der Waals surface area contributed by atoms with Crippen LogP contribution in [-0.4, -0.2) is 52.2 Å². The standard InChI is InChI=1S/C34H29F3N4O5/c1-45-28-16-13-26(29(20-28)34(35,36)37)19-30(43)38-27-14-11-25(12-15-27)33(44)41(17-18-42)21-22-7-9-24(10-8-22)32-39-31(40-46-32)23-5-3-2-4-6-23/h2-16,20,42H,17-19,21H2,1H3,(H,38,43). The molecule has 46 heavy (non-hydrogen) atoms. The Kier molecular flexibility index (Phi) is 9.77. The topological polar surface area (TPSA) is 118 Å². The Labute approximate surface area is 262 Å². The number of ether oxygens (including phenoxy) is 1. The monoisotopic (exact) mass is 630 g/mol. The van der Waals surface area contributed by atoms with Crippen LogP contribution in [0.5, 0.6) is 5.75 Å². The number of carbonyl (C=O) groups excluding carboxylic acids is 2. The second-order valence-corrected chi connectivity index (χ2v) is 10.3. The fraction of sp³-hybridized carbons (Fsp3) is 0.176. The van der Waals surface area contributed by atoms with Crippen molar-refractivity contribution >= 4 is 17.5 Å². The first-order chi connectivity index (χ1) is 22.1. The molecule has 0 unspecified atom stereocenters. The molecule has 12 heteroatoms. The van der Waals surface area contributed by atoms with Crippen LogP contribution in [0.15, 0.2) is 102 Å². The van der Waals surface area contributed by atoms with Crippen molar-refractivity contribution in [3.8, 4) is 28.6 Å². The number of benzene rings is 4. The highest BCUT2D eigenvalue weighted by molar-refractivity contribution is 5.96. The van der Waals surface area contributed by atoms with Crippen LogP contribution >= 0.6 is 0 Å². The van der Waals surface area contributed by atoms with E-state index in [4.69, 9.17) is 9.26 Å². The molecule has 4 aromatic carbocycles. The number of alkyl halides is 3. The minimum Gasteiger partial charge on any atom is -0.497 e. The summed E-state index contributed by atoms with van der Waals surface area (Å²) in [6, 6.07) is 26.1. The molecule has 0 spiro atoms. The van der Waals surface area contributed by atoms with E-state index in [0.717, 1.165) is 17.2 Å². The van der Waals surface area contributed by atoms with E-state index in [1.54, 1.807) is 12.1 Å². The van der Waals surface area contributed by atoms with E-state index in [9.17, 15) is 27.9 Å². The Hall–Kier alpha value is -5.49. The summed E-state index contributed by atoms with van der Waals surface area (Å²) < 4.78 is 50.8. The molecule has 5 rings (SSSR count). The van der Waals surface area contributed by atoms with E-state index < -0.39 is 24.1 Å². The average molecular weight is 631 g/mol. The smallest absolute Gasteiger partial charge is 0.416 e. The summed E-state index contributed by atoms with van der Waals surface area (Å²) in [6.07, 6.45) is -5.17. The van der Waals surface area contributed by atoms with Gasteiger partial charge in [-0.3, -0.25) is 9.59 Å². The third-order valence-electron chi connectivity index (χ3n) is 7.08. The third-order valence-corrected chi connectivity index (χ3v) is 7.08. The number of hydrogen-bond acceptors (Lipinski definition) is 7. The van der Waals surface area contributed by atoms with Crippen molar-refractivity contribution in [2.45, 2.75) is 19.1 Å². The molecule has 0 bridgehead atoms. The number of hydrogen-bond donors (Lipinski definition) is 2. The van der Waals surface area contributed by atoms with Gasteiger partial charge in [-0.15, -0.1) is 0 Å². The van der Waals surface area contributed by atoms with E-state index >= 15 is 0 Å². The Balaban J connectivity index is 1.21. The van der Waals surface area contributed by atoms with Gasteiger partial charge >= 0.3 is 6.18 Å². The molecule has 0 aliphatic rings. The van der Waals surface area contributed by atoms with E-state index in [1.807, 2.05) is 42.5 Å². The number of carbonyl (C=O) groups is 2. The minimum atomic E-state index is -4.66. The van der Waals surface area contributed by atoms with Gasteiger partial charge in [0.15, 0.2) is 0 Å². The Bertz CT molecular complexity index is 1790. The van der Waals surface area contributed by atoms with Gasteiger partial charge in [0.2, 0.25) is 11.7 Å². The molecule has 1 heterocycles. The lowest BCUT2D eigenvalue weighted by Crippen LogP contribution is -2.33. The number of aliphatic hydroxyl groups excluding tert-OH is 1. The second-order valence-electron chi connectivity index (χ2n) is 10.3. The molecule has 5 aromatic rings. The van der Waals surface area contributed by atoms with E-state index in [-0.39, 0.29) is 36.9 Å². The second kappa shape index (κ2) is 14.1. The van der Waals surface area contributed by atoms with Crippen LogP contribution in [0.4, 0.5) is 18.9 Å². The zero-order valence-corrected chi connectivity index (χ0v) is 24.6. The van der Waals surface area contributed by atoms with Crippen LogP contribution in [0.3, 0.4) is 0 Å². The number of anilines is 1. The largest absolute Gasteiger partial charge is 0.497 e. The van der Waals surface area contributed by atoms with E-state index in [0.29, 0.717) is 28.5 Å². The van der Waals surface area contributed by atoms with Gasteiger partial charge < -0.3 is 24.6 Å². The molecular weight excluding hydrogens is 601 g/mol. The zero-order chi connectivity index (χ0) is 32.7. The number of aromatic nitrogens is 2. The normalized spacial score (nSPS) is 11.2. The quantitative estimate of drug-likeness (QED) is 0.177. The van der Waals surface area contributed by atoms with Crippen LogP contribution in [-0.2, 0) is 23.9 Å². The number of aliphatic hydroxyl groups is 1. The Morgan fingerprint density at radius 2 is 1.65 bits per heavy atom. The lowest BCUT2D eigenvalue weighted by molar-refractivity contribution is -0.138. The fourth-order valence-electron chi connectivity index (χ4n) is 4.75. The highest BCUT2D eigenvalue weighted by atomic mass is 19.4. The van der Waals surface area contributed by atoms with E-state index in [2.05, 4.69) is 15.5 Å². The highest BCUT2D eigenvalue weighted by Crippen LogP contribution is 2.35. The molecule has 1 aromatic heterocycles. The maximum Gasteiger partial charge on any atom is 0.416 e. The number of amides is 2. The molecule has 9 nitrogen and oxygen atoms in total. The average Bonchev–Trinajstić information content (AvgIpc) is 3.56. The third kappa shape index (κ3) is 7.77. The van der Waals surface area contributed by atoms with Crippen molar-refractivity contribution in [3.05, 3.63) is 119 Å². The van der Waals surface area contributed by atoms with Gasteiger partial charge in [-0.05, 0) is 59.7 Å². The first-order valence-corrected chi connectivity index (χ1v) is 14.2. The van der Waals surface area contributed by atoms with Gasteiger partial charge in [-0.1, -0.05) is 53.7 Å². The molecule has 0 fully saturated rings. The molecule has 2 N–H and O–H groups in total. The van der Waals surface area contributed by atoms with Crippen molar-refractivity contribution in [3.63, 3.8) is 0 Å². The van der Waals surface area contributed by atoms with Gasteiger partial charge in [0.1, 0.15) is 5.75 Å². The molecule has 0 aliphatic heterocycles. The fourth-order valence-corrected chi connectivity index (χ4v) is 4.75. The summed E-state index contributed by atoms with van der Waals surface area (Å²) in [7, 11) is 1.26. The number of nitrogens with zero attached hydrogens (tertiary/aromatic N) is 3. The number of nitrogens with one attached hydrogen (secondary N) is 1. The maximum atomic E-state index is 13.5. The van der Waals surface area contributed by atoms with Gasteiger partial charge in [-0.2, -0.15) is 18.2 Å². The molecule has 0 aliphatic carbocycles. The predicted octanol–water partition coefficient (Wildman–Crippen LogP) is 6.25. The summed E-state index contributed by atoms with van der Waals surface area (Å²) >= 11 is 0. The molecule has 236 valence electrons.